The summed E-state index contributed by atoms with van der Waals surface area (Å²) in [4.78, 5) is 0. The molecule has 0 amide bonds. The molecule has 16 heavy (non-hydrogen) atoms. The van der Waals surface area contributed by atoms with Gasteiger partial charge >= 0.3 is 0 Å². The minimum absolute atomic E-state index is 0.000980. The maximum absolute atomic E-state index is 6.17. The first kappa shape index (κ1) is 14.3. The lowest BCUT2D eigenvalue weighted by Gasteiger charge is -2.39. The van der Waals surface area contributed by atoms with Crippen LogP contribution in [-0.4, -0.2) is 16.6 Å². The second-order valence-corrected chi connectivity index (χ2v) is 7.94. The standard InChI is InChI=1S/C14H27ClO/c1-10(15)8-12(2,3)11-9-13(4,5)16-14(11,6)7/h10-11H,8-9H2,1-7H3. The zero-order chi connectivity index (χ0) is 12.8. The Morgan fingerprint density at radius 3 is 2.12 bits per heavy atom. The predicted molar refractivity (Wildman–Crippen MR) is 71.1 cm³/mol. The van der Waals surface area contributed by atoms with Gasteiger partial charge in [0.2, 0.25) is 0 Å². The first-order valence-electron chi connectivity index (χ1n) is 6.30. The van der Waals surface area contributed by atoms with Gasteiger partial charge in [0.25, 0.3) is 0 Å². The fourth-order valence-corrected chi connectivity index (χ4v) is 4.04. The van der Waals surface area contributed by atoms with Gasteiger partial charge in [-0.3, -0.25) is 0 Å². The van der Waals surface area contributed by atoms with Crippen molar-refractivity contribution in [1.82, 2.24) is 0 Å². The number of hydrogen-bond donors (Lipinski definition) is 0. The first-order chi connectivity index (χ1) is 6.96. The number of hydrogen-bond acceptors (Lipinski definition) is 1. The topological polar surface area (TPSA) is 9.23 Å². The Morgan fingerprint density at radius 2 is 1.81 bits per heavy atom. The summed E-state index contributed by atoms with van der Waals surface area (Å²) < 4.78 is 6.17. The zero-order valence-corrected chi connectivity index (χ0v) is 12.6. The van der Waals surface area contributed by atoms with Gasteiger partial charge in [-0.25, -0.2) is 0 Å². The zero-order valence-electron chi connectivity index (χ0n) is 11.9. The molecule has 0 bridgehead atoms. The van der Waals surface area contributed by atoms with Crippen LogP contribution in [0.2, 0.25) is 0 Å². The lowest BCUT2D eigenvalue weighted by Crippen LogP contribution is -2.39. The molecule has 2 unspecified atom stereocenters. The Balaban J connectivity index is 2.87. The van der Waals surface area contributed by atoms with Crippen LogP contribution in [0.15, 0.2) is 0 Å². The Kier molecular flexibility index (Phi) is 3.73. The Morgan fingerprint density at radius 1 is 1.31 bits per heavy atom. The number of halogens is 1. The van der Waals surface area contributed by atoms with Crippen molar-refractivity contribution in [2.24, 2.45) is 11.3 Å². The van der Waals surface area contributed by atoms with Gasteiger partial charge in [0.05, 0.1) is 11.2 Å². The van der Waals surface area contributed by atoms with Crippen LogP contribution in [0, 0.1) is 11.3 Å². The summed E-state index contributed by atoms with van der Waals surface area (Å²) in [6.45, 7) is 15.5. The van der Waals surface area contributed by atoms with Gasteiger partial charge in [-0.2, -0.15) is 0 Å². The lowest BCUT2D eigenvalue weighted by atomic mass is 9.67. The SMILES string of the molecule is CC(Cl)CC(C)(C)C1CC(C)(C)OC1(C)C. The Hall–Kier alpha value is 0.250. The number of alkyl halides is 1. The fraction of sp³-hybridized carbons (Fsp3) is 1.00. The third-order valence-corrected chi connectivity index (χ3v) is 3.98. The molecule has 0 aromatic heterocycles. The summed E-state index contributed by atoms with van der Waals surface area (Å²) in [5.41, 5.74) is 0.193. The molecule has 1 saturated heterocycles. The molecule has 1 aliphatic rings. The third kappa shape index (κ3) is 3.13. The average molecular weight is 247 g/mol. The molecule has 0 N–H and O–H groups in total. The molecule has 2 atom stereocenters. The van der Waals surface area contributed by atoms with Crippen molar-refractivity contribution in [3.05, 3.63) is 0 Å². The van der Waals surface area contributed by atoms with Crippen molar-refractivity contribution >= 4 is 11.6 Å². The van der Waals surface area contributed by atoms with Gasteiger partial charge < -0.3 is 4.74 Å². The second kappa shape index (κ2) is 4.17. The largest absolute Gasteiger partial charge is 0.369 e. The van der Waals surface area contributed by atoms with Crippen LogP contribution in [-0.2, 0) is 4.74 Å². The molecule has 1 rings (SSSR count). The summed E-state index contributed by atoms with van der Waals surface area (Å²) >= 11 is 6.16. The van der Waals surface area contributed by atoms with E-state index in [4.69, 9.17) is 16.3 Å². The Labute approximate surface area is 106 Å². The summed E-state index contributed by atoms with van der Waals surface area (Å²) in [6, 6.07) is 0. The molecule has 2 heteroatoms. The maximum atomic E-state index is 6.17. The molecule has 0 saturated carbocycles. The van der Waals surface area contributed by atoms with Crippen LogP contribution in [0.25, 0.3) is 0 Å². The van der Waals surface area contributed by atoms with Crippen LogP contribution in [0.1, 0.15) is 61.3 Å². The van der Waals surface area contributed by atoms with E-state index in [0.717, 1.165) is 12.8 Å². The summed E-state index contributed by atoms with van der Waals surface area (Å²) in [5, 5.41) is 0.231. The molecular formula is C14H27ClO. The molecule has 1 aliphatic heterocycles. The molecule has 0 aromatic carbocycles. The quantitative estimate of drug-likeness (QED) is 0.660. The molecule has 1 fully saturated rings. The van der Waals surface area contributed by atoms with Crippen molar-refractivity contribution < 1.29 is 4.74 Å². The lowest BCUT2D eigenvalue weighted by molar-refractivity contribution is -0.0872. The molecule has 0 aromatic rings. The van der Waals surface area contributed by atoms with E-state index in [2.05, 4.69) is 48.5 Å². The van der Waals surface area contributed by atoms with Gasteiger partial charge in [0.1, 0.15) is 0 Å². The van der Waals surface area contributed by atoms with E-state index >= 15 is 0 Å². The van der Waals surface area contributed by atoms with E-state index in [0.29, 0.717) is 5.92 Å². The van der Waals surface area contributed by atoms with Crippen LogP contribution in [0.3, 0.4) is 0 Å². The van der Waals surface area contributed by atoms with Crippen LogP contribution in [0.5, 0.6) is 0 Å². The van der Waals surface area contributed by atoms with E-state index in [-0.39, 0.29) is 22.0 Å². The molecule has 96 valence electrons. The van der Waals surface area contributed by atoms with Gasteiger partial charge in [-0.15, -0.1) is 11.6 Å². The predicted octanol–water partition coefficient (Wildman–Crippen LogP) is 4.62. The second-order valence-electron chi connectivity index (χ2n) is 7.20. The third-order valence-electron chi connectivity index (χ3n) is 3.82. The summed E-state index contributed by atoms with van der Waals surface area (Å²) in [6.07, 6.45) is 2.17. The maximum Gasteiger partial charge on any atom is 0.0667 e. The fourth-order valence-electron chi connectivity index (χ4n) is 3.65. The highest BCUT2D eigenvalue weighted by molar-refractivity contribution is 6.20. The molecular weight excluding hydrogens is 220 g/mol. The van der Waals surface area contributed by atoms with Crippen molar-refractivity contribution in [3.63, 3.8) is 0 Å². The van der Waals surface area contributed by atoms with Crippen LogP contribution in [0.4, 0.5) is 0 Å². The van der Waals surface area contributed by atoms with Crippen molar-refractivity contribution in [1.29, 1.82) is 0 Å². The van der Waals surface area contributed by atoms with Crippen LogP contribution >= 0.6 is 11.6 Å². The van der Waals surface area contributed by atoms with Gasteiger partial charge in [0, 0.05) is 5.38 Å². The minimum Gasteiger partial charge on any atom is -0.369 e. The number of rotatable bonds is 3. The van der Waals surface area contributed by atoms with E-state index in [1.54, 1.807) is 0 Å². The van der Waals surface area contributed by atoms with Gasteiger partial charge in [0.15, 0.2) is 0 Å². The highest BCUT2D eigenvalue weighted by atomic mass is 35.5. The minimum atomic E-state index is -0.0429. The van der Waals surface area contributed by atoms with Gasteiger partial charge in [-0.1, -0.05) is 13.8 Å². The van der Waals surface area contributed by atoms with Crippen LogP contribution < -0.4 is 0 Å². The van der Waals surface area contributed by atoms with Crippen molar-refractivity contribution in [2.45, 2.75) is 77.9 Å². The normalized spacial score (nSPS) is 30.4. The monoisotopic (exact) mass is 246 g/mol. The molecule has 1 heterocycles. The van der Waals surface area contributed by atoms with E-state index < -0.39 is 0 Å². The molecule has 0 radical (unpaired) electrons. The smallest absolute Gasteiger partial charge is 0.0667 e. The highest BCUT2D eigenvalue weighted by Gasteiger charge is 2.51. The molecule has 0 spiro atoms. The molecule has 1 nitrogen and oxygen atoms in total. The first-order valence-corrected chi connectivity index (χ1v) is 6.74. The van der Waals surface area contributed by atoms with Gasteiger partial charge in [-0.05, 0) is 58.8 Å². The van der Waals surface area contributed by atoms with E-state index in [1.807, 2.05) is 0 Å². The van der Waals surface area contributed by atoms with Crippen molar-refractivity contribution in [3.8, 4) is 0 Å². The van der Waals surface area contributed by atoms with E-state index in [1.165, 1.54) is 0 Å². The van der Waals surface area contributed by atoms with Crippen molar-refractivity contribution in [2.75, 3.05) is 0 Å². The average Bonchev–Trinajstić information content (AvgIpc) is 2.16. The molecule has 0 aliphatic carbocycles. The summed E-state index contributed by atoms with van der Waals surface area (Å²) in [5.74, 6) is 0.566. The Bertz CT molecular complexity index is 253. The number of ether oxygens (including phenoxy) is 1. The highest BCUT2D eigenvalue weighted by Crippen LogP contribution is 2.52. The van der Waals surface area contributed by atoms with E-state index in [9.17, 15) is 0 Å². The summed E-state index contributed by atoms with van der Waals surface area (Å²) in [7, 11) is 0.